The number of halogens is 1. The average molecular weight is 206 g/mol. The molecule has 0 unspecified atom stereocenters. The average Bonchev–Trinajstić information content (AvgIpc) is 2.63. The standard InChI is InChI=1S/C10H11FN4/c1-15-8(7-13-14-15)6-12-10-5-3-2-4-9(10)11/h2-5,7,12H,6H2,1H3. The van der Waals surface area contributed by atoms with Crippen LogP contribution < -0.4 is 5.32 Å². The van der Waals surface area contributed by atoms with Gasteiger partial charge in [-0.1, -0.05) is 17.3 Å². The Morgan fingerprint density at radius 3 is 2.87 bits per heavy atom. The van der Waals surface area contributed by atoms with E-state index in [0.29, 0.717) is 12.2 Å². The second kappa shape index (κ2) is 4.08. The van der Waals surface area contributed by atoms with Crippen LogP contribution in [0.5, 0.6) is 0 Å². The van der Waals surface area contributed by atoms with Gasteiger partial charge in [0.25, 0.3) is 0 Å². The van der Waals surface area contributed by atoms with Crippen molar-refractivity contribution in [3.8, 4) is 0 Å². The molecule has 2 aromatic rings. The monoisotopic (exact) mass is 206 g/mol. The highest BCUT2D eigenvalue weighted by molar-refractivity contribution is 5.44. The number of aromatic nitrogens is 3. The fourth-order valence-electron chi connectivity index (χ4n) is 1.26. The molecule has 1 aromatic heterocycles. The molecule has 4 nitrogen and oxygen atoms in total. The molecule has 0 atom stereocenters. The molecule has 0 bridgehead atoms. The third kappa shape index (κ3) is 2.12. The van der Waals surface area contributed by atoms with Crippen LogP contribution in [0.2, 0.25) is 0 Å². The lowest BCUT2D eigenvalue weighted by Gasteiger charge is -2.06. The summed E-state index contributed by atoms with van der Waals surface area (Å²) < 4.78 is 14.9. The first kappa shape index (κ1) is 9.64. The zero-order valence-electron chi connectivity index (χ0n) is 8.31. The van der Waals surface area contributed by atoms with Crippen molar-refractivity contribution in [3.63, 3.8) is 0 Å². The van der Waals surface area contributed by atoms with E-state index in [2.05, 4.69) is 15.6 Å². The molecule has 2 rings (SSSR count). The van der Waals surface area contributed by atoms with E-state index in [1.54, 1.807) is 36.1 Å². The Hall–Kier alpha value is -1.91. The fourth-order valence-corrected chi connectivity index (χ4v) is 1.26. The number of aryl methyl sites for hydroxylation is 1. The number of hydrogen-bond acceptors (Lipinski definition) is 3. The van der Waals surface area contributed by atoms with Crippen molar-refractivity contribution >= 4 is 5.69 Å². The van der Waals surface area contributed by atoms with Crippen LogP contribution in [0.15, 0.2) is 30.5 Å². The molecule has 0 aliphatic heterocycles. The Balaban J connectivity index is 2.06. The minimum absolute atomic E-state index is 0.257. The molecule has 0 aliphatic rings. The molecule has 78 valence electrons. The van der Waals surface area contributed by atoms with Crippen molar-refractivity contribution < 1.29 is 4.39 Å². The first-order chi connectivity index (χ1) is 7.27. The molecule has 1 N–H and O–H groups in total. The van der Waals surface area contributed by atoms with Crippen molar-refractivity contribution in [1.82, 2.24) is 15.0 Å². The minimum atomic E-state index is -0.257. The zero-order valence-corrected chi connectivity index (χ0v) is 8.31. The van der Waals surface area contributed by atoms with E-state index in [9.17, 15) is 4.39 Å². The van der Waals surface area contributed by atoms with Crippen LogP contribution in [0.3, 0.4) is 0 Å². The van der Waals surface area contributed by atoms with Gasteiger partial charge in [-0.15, -0.1) is 5.10 Å². The predicted molar refractivity (Wildman–Crippen MR) is 54.7 cm³/mol. The van der Waals surface area contributed by atoms with Crippen LogP contribution in [0.1, 0.15) is 5.69 Å². The molecular formula is C10H11FN4. The molecule has 0 fully saturated rings. The SMILES string of the molecule is Cn1nncc1CNc1ccccc1F. The third-order valence-electron chi connectivity index (χ3n) is 2.14. The van der Waals surface area contributed by atoms with Crippen molar-refractivity contribution in [2.75, 3.05) is 5.32 Å². The molecule has 1 heterocycles. The summed E-state index contributed by atoms with van der Waals surface area (Å²) in [5, 5.41) is 10.5. The highest BCUT2D eigenvalue weighted by atomic mass is 19.1. The smallest absolute Gasteiger partial charge is 0.146 e. The van der Waals surface area contributed by atoms with Crippen molar-refractivity contribution in [1.29, 1.82) is 0 Å². The number of hydrogen-bond donors (Lipinski definition) is 1. The first-order valence-corrected chi connectivity index (χ1v) is 4.59. The molecule has 5 heteroatoms. The van der Waals surface area contributed by atoms with Crippen molar-refractivity contribution in [2.45, 2.75) is 6.54 Å². The van der Waals surface area contributed by atoms with Gasteiger partial charge in [-0.25, -0.2) is 4.39 Å². The van der Waals surface area contributed by atoms with Gasteiger partial charge in [-0.3, -0.25) is 4.68 Å². The van der Waals surface area contributed by atoms with Gasteiger partial charge in [0.15, 0.2) is 0 Å². The molecule has 1 aromatic carbocycles. The highest BCUT2D eigenvalue weighted by Crippen LogP contribution is 2.13. The second-order valence-corrected chi connectivity index (χ2v) is 3.18. The van der Waals surface area contributed by atoms with Crippen LogP contribution >= 0.6 is 0 Å². The first-order valence-electron chi connectivity index (χ1n) is 4.59. The van der Waals surface area contributed by atoms with E-state index < -0.39 is 0 Å². The zero-order chi connectivity index (χ0) is 10.7. The van der Waals surface area contributed by atoms with Gasteiger partial charge in [-0.05, 0) is 12.1 Å². The van der Waals surface area contributed by atoms with Crippen LogP contribution in [0.25, 0.3) is 0 Å². The van der Waals surface area contributed by atoms with Gasteiger partial charge in [-0.2, -0.15) is 0 Å². The number of benzene rings is 1. The molecule has 0 radical (unpaired) electrons. The summed E-state index contributed by atoms with van der Waals surface area (Å²) in [5.74, 6) is -0.257. The quantitative estimate of drug-likeness (QED) is 0.828. The lowest BCUT2D eigenvalue weighted by Crippen LogP contribution is -2.06. The Morgan fingerprint density at radius 2 is 2.20 bits per heavy atom. The predicted octanol–water partition coefficient (Wildman–Crippen LogP) is 1.57. The van der Waals surface area contributed by atoms with Crippen molar-refractivity contribution in [3.05, 3.63) is 42.0 Å². The summed E-state index contributed by atoms with van der Waals surface area (Å²) in [5.41, 5.74) is 1.39. The fraction of sp³-hybridized carbons (Fsp3) is 0.200. The van der Waals surface area contributed by atoms with Gasteiger partial charge < -0.3 is 5.32 Å². The lowest BCUT2D eigenvalue weighted by molar-refractivity contribution is 0.628. The summed E-state index contributed by atoms with van der Waals surface area (Å²) in [6, 6.07) is 6.56. The minimum Gasteiger partial charge on any atom is -0.377 e. The van der Waals surface area contributed by atoms with Gasteiger partial charge in [0.05, 0.1) is 24.1 Å². The number of anilines is 1. The summed E-state index contributed by atoms with van der Waals surface area (Å²) in [7, 11) is 1.80. The van der Waals surface area contributed by atoms with Gasteiger partial charge in [0.2, 0.25) is 0 Å². The van der Waals surface area contributed by atoms with Crippen LogP contribution in [0.4, 0.5) is 10.1 Å². The topological polar surface area (TPSA) is 42.7 Å². The van der Waals surface area contributed by atoms with Gasteiger partial charge >= 0.3 is 0 Å². The normalized spacial score (nSPS) is 10.3. The van der Waals surface area contributed by atoms with Crippen LogP contribution in [0, 0.1) is 5.82 Å². The highest BCUT2D eigenvalue weighted by Gasteiger charge is 2.02. The maximum absolute atomic E-state index is 13.2. The summed E-state index contributed by atoms with van der Waals surface area (Å²) in [4.78, 5) is 0. The van der Waals surface area contributed by atoms with E-state index in [1.165, 1.54) is 6.07 Å². The maximum Gasteiger partial charge on any atom is 0.146 e. The van der Waals surface area contributed by atoms with E-state index in [1.807, 2.05) is 0 Å². The molecular weight excluding hydrogens is 195 g/mol. The Bertz CT molecular complexity index is 452. The molecule has 0 spiro atoms. The van der Waals surface area contributed by atoms with Crippen molar-refractivity contribution in [2.24, 2.45) is 7.05 Å². The van der Waals surface area contributed by atoms with Gasteiger partial charge in [0, 0.05) is 7.05 Å². The molecule has 0 saturated heterocycles. The lowest BCUT2D eigenvalue weighted by atomic mass is 10.3. The second-order valence-electron chi connectivity index (χ2n) is 3.18. The number of nitrogens with one attached hydrogen (secondary N) is 1. The van der Waals surface area contributed by atoms with E-state index in [-0.39, 0.29) is 5.82 Å². The molecule has 0 aliphatic carbocycles. The molecule has 0 saturated carbocycles. The largest absolute Gasteiger partial charge is 0.377 e. The summed E-state index contributed by atoms with van der Waals surface area (Å²) >= 11 is 0. The van der Waals surface area contributed by atoms with Crippen LogP contribution in [-0.4, -0.2) is 15.0 Å². The summed E-state index contributed by atoms with van der Waals surface area (Å²) in [6.07, 6.45) is 1.65. The third-order valence-corrected chi connectivity index (χ3v) is 2.14. The Kier molecular flexibility index (Phi) is 2.62. The molecule has 15 heavy (non-hydrogen) atoms. The number of para-hydroxylation sites is 1. The van der Waals surface area contributed by atoms with E-state index in [0.717, 1.165) is 5.69 Å². The van der Waals surface area contributed by atoms with E-state index >= 15 is 0 Å². The Labute approximate surface area is 86.7 Å². The van der Waals surface area contributed by atoms with E-state index in [4.69, 9.17) is 0 Å². The van der Waals surface area contributed by atoms with Crippen LogP contribution in [-0.2, 0) is 13.6 Å². The Morgan fingerprint density at radius 1 is 1.40 bits per heavy atom. The summed E-state index contributed by atoms with van der Waals surface area (Å²) in [6.45, 7) is 0.504. The number of nitrogens with zero attached hydrogens (tertiary/aromatic N) is 3. The molecule has 0 amide bonds. The number of rotatable bonds is 3. The maximum atomic E-state index is 13.2. The van der Waals surface area contributed by atoms with Gasteiger partial charge in [0.1, 0.15) is 5.82 Å².